The van der Waals surface area contributed by atoms with Crippen molar-refractivity contribution >= 4 is 39.7 Å². The fraction of sp³-hybridized carbons (Fsp3) is 0.538. The topological polar surface area (TPSA) is 92.6 Å². The Morgan fingerprint density at radius 1 is 1.48 bits per heavy atom. The molecule has 0 aliphatic carbocycles. The second-order valence-corrected chi connectivity index (χ2v) is 7.43. The molecule has 0 saturated carbocycles. The van der Waals surface area contributed by atoms with Crippen molar-refractivity contribution in [3.8, 4) is 0 Å². The Morgan fingerprint density at radius 3 is 2.70 bits per heavy atom. The SMILES string of the molecule is CCCN(C1CCNC1)S(=O)(=O)c1ccc(Cl)cc1[N+](=O)[O-].Cl. The normalized spacial score (nSPS) is 18.0. The minimum absolute atomic E-state index is 0. The zero-order valence-electron chi connectivity index (χ0n) is 12.6. The zero-order chi connectivity index (χ0) is 16.3. The van der Waals surface area contributed by atoms with Gasteiger partial charge in [0.05, 0.1) is 4.92 Å². The van der Waals surface area contributed by atoms with Crippen LogP contribution in [-0.4, -0.2) is 43.3 Å². The van der Waals surface area contributed by atoms with Crippen LogP contribution in [-0.2, 0) is 10.0 Å². The number of nitrogens with one attached hydrogen (secondary N) is 1. The lowest BCUT2D eigenvalue weighted by molar-refractivity contribution is -0.387. The Labute approximate surface area is 146 Å². The number of hydrogen-bond donors (Lipinski definition) is 1. The van der Waals surface area contributed by atoms with E-state index < -0.39 is 20.6 Å². The molecule has 0 spiro atoms. The first kappa shape index (κ1) is 20.1. The van der Waals surface area contributed by atoms with Gasteiger partial charge in [0.25, 0.3) is 5.69 Å². The van der Waals surface area contributed by atoms with E-state index in [4.69, 9.17) is 11.6 Å². The predicted octanol–water partition coefficient (Wildman–Crippen LogP) is 2.43. The quantitative estimate of drug-likeness (QED) is 0.601. The van der Waals surface area contributed by atoms with Gasteiger partial charge >= 0.3 is 0 Å². The molecular weight excluding hydrogens is 365 g/mol. The van der Waals surface area contributed by atoms with Crippen LogP contribution in [0, 0.1) is 10.1 Å². The molecule has 23 heavy (non-hydrogen) atoms. The van der Waals surface area contributed by atoms with Gasteiger partial charge in [0.15, 0.2) is 4.90 Å². The van der Waals surface area contributed by atoms with Crippen LogP contribution in [0.5, 0.6) is 0 Å². The van der Waals surface area contributed by atoms with E-state index in [-0.39, 0.29) is 28.4 Å². The summed E-state index contributed by atoms with van der Waals surface area (Å²) in [5, 5.41) is 14.4. The number of rotatable bonds is 6. The maximum atomic E-state index is 12.9. The predicted molar refractivity (Wildman–Crippen MR) is 90.8 cm³/mol. The summed E-state index contributed by atoms with van der Waals surface area (Å²) in [5.74, 6) is 0. The van der Waals surface area contributed by atoms with E-state index in [1.165, 1.54) is 16.4 Å². The first-order valence-corrected chi connectivity index (χ1v) is 8.86. The van der Waals surface area contributed by atoms with Crippen LogP contribution in [0.1, 0.15) is 19.8 Å². The van der Waals surface area contributed by atoms with Crippen LogP contribution in [0.25, 0.3) is 0 Å². The largest absolute Gasteiger partial charge is 0.315 e. The molecule has 1 N–H and O–H groups in total. The van der Waals surface area contributed by atoms with Gasteiger partial charge in [0.2, 0.25) is 10.0 Å². The van der Waals surface area contributed by atoms with E-state index in [0.717, 1.165) is 12.6 Å². The number of hydrogen-bond acceptors (Lipinski definition) is 5. The maximum absolute atomic E-state index is 12.9. The summed E-state index contributed by atoms with van der Waals surface area (Å²) >= 11 is 5.76. The number of halogens is 2. The second kappa shape index (κ2) is 8.25. The lowest BCUT2D eigenvalue weighted by Gasteiger charge is -2.27. The lowest BCUT2D eigenvalue weighted by Crippen LogP contribution is -2.42. The molecule has 10 heteroatoms. The van der Waals surface area contributed by atoms with Crippen molar-refractivity contribution in [2.24, 2.45) is 0 Å². The van der Waals surface area contributed by atoms with E-state index >= 15 is 0 Å². The molecule has 0 amide bonds. The highest BCUT2D eigenvalue weighted by atomic mass is 35.5. The fourth-order valence-corrected chi connectivity index (χ4v) is 4.63. The molecule has 7 nitrogen and oxygen atoms in total. The summed E-state index contributed by atoms with van der Waals surface area (Å²) in [4.78, 5) is 10.2. The van der Waals surface area contributed by atoms with Crippen molar-refractivity contribution in [1.29, 1.82) is 0 Å². The summed E-state index contributed by atoms with van der Waals surface area (Å²) in [7, 11) is -3.95. The van der Waals surface area contributed by atoms with Gasteiger partial charge in [-0.3, -0.25) is 10.1 Å². The van der Waals surface area contributed by atoms with Crippen LogP contribution in [0.2, 0.25) is 5.02 Å². The second-order valence-electron chi connectivity index (χ2n) is 5.13. The van der Waals surface area contributed by atoms with E-state index in [2.05, 4.69) is 5.32 Å². The van der Waals surface area contributed by atoms with Crippen molar-refractivity contribution in [2.45, 2.75) is 30.7 Å². The molecule has 2 rings (SSSR count). The van der Waals surface area contributed by atoms with Crippen molar-refractivity contribution in [1.82, 2.24) is 9.62 Å². The summed E-state index contributed by atoms with van der Waals surface area (Å²) in [6, 6.07) is 3.46. The summed E-state index contributed by atoms with van der Waals surface area (Å²) in [6.45, 7) is 3.50. The highest BCUT2D eigenvalue weighted by molar-refractivity contribution is 7.89. The Morgan fingerprint density at radius 2 is 2.17 bits per heavy atom. The molecule has 0 radical (unpaired) electrons. The van der Waals surface area contributed by atoms with E-state index in [1.54, 1.807) is 0 Å². The molecule has 1 aliphatic rings. The maximum Gasteiger partial charge on any atom is 0.290 e. The third-order valence-corrected chi connectivity index (χ3v) is 5.82. The minimum atomic E-state index is -3.95. The van der Waals surface area contributed by atoms with E-state index in [1.807, 2.05) is 6.92 Å². The van der Waals surface area contributed by atoms with Crippen molar-refractivity contribution in [3.63, 3.8) is 0 Å². The van der Waals surface area contributed by atoms with E-state index in [9.17, 15) is 18.5 Å². The van der Waals surface area contributed by atoms with Gasteiger partial charge in [-0.2, -0.15) is 4.31 Å². The number of nitro benzene ring substituents is 1. The van der Waals surface area contributed by atoms with Gasteiger partial charge in [0, 0.05) is 30.2 Å². The molecule has 0 aromatic heterocycles. The lowest BCUT2D eigenvalue weighted by atomic mass is 10.2. The highest BCUT2D eigenvalue weighted by Crippen LogP contribution is 2.31. The summed E-state index contributed by atoms with van der Waals surface area (Å²) in [6.07, 6.45) is 1.33. The Bertz CT molecular complexity index is 663. The van der Waals surface area contributed by atoms with Gasteiger partial charge in [-0.25, -0.2) is 8.42 Å². The summed E-state index contributed by atoms with van der Waals surface area (Å²) in [5.41, 5.74) is -0.487. The van der Waals surface area contributed by atoms with Crippen LogP contribution < -0.4 is 5.32 Å². The molecule has 1 fully saturated rings. The molecule has 1 saturated heterocycles. The minimum Gasteiger partial charge on any atom is -0.315 e. The van der Waals surface area contributed by atoms with Crippen LogP contribution in [0.15, 0.2) is 23.1 Å². The smallest absolute Gasteiger partial charge is 0.290 e. The van der Waals surface area contributed by atoms with Crippen LogP contribution in [0.3, 0.4) is 0 Å². The highest BCUT2D eigenvalue weighted by Gasteiger charge is 2.36. The molecule has 1 heterocycles. The zero-order valence-corrected chi connectivity index (χ0v) is 15.0. The Balaban J connectivity index is 0.00000264. The van der Waals surface area contributed by atoms with Crippen LogP contribution >= 0.6 is 24.0 Å². The van der Waals surface area contributed by atoms with Gasteiger partial charge in [-0.05, 0) is 31.5 Å². The van der Waals surface area contributed by atoms with Gasteiger partial charge in [0.1, 0.15) is 0 Å². The summed E-state index contributed by atoms with van der Waals surface area (Å²) < 4.78 is 27.2. The first-order valence-electron chi connectivity index (χ1n) is 7.04. The monoisotopic (exact) mass is 383 g/mol. The number of sulfonamides is 1. The van der Waals surface area contributed by atoms with Crippen molar-refractivity contribution in [2.75, 3.05) is 19.6 Å². The molecule has 1 aromatic rings. The van der Waals surface area contributed by atoms with Crippen molar-refractivity contribution < 1.29 is 13.3 Å². The first-order chi connectivity index (χ1) is 10.4. The molecule has 1 aromatic carbocycles. The molecular formula is C13H19Cl2N3O4S. The van der Waals surface area contributed by atoms with Crippen LogP contribution in [0.4, 0.5) is 5.69 Å². The van der Waals surface area contributed by atoms with Gasteiger partial charge < -0.3 is 5.32 Å². The average molecular weight is 384 g/mol. The van der Waals surface area contributed by atoms with E-state index in [0.29, 0.717) is 25.9 Å². The number of nitro groups is 1. The third-order valence-electron chi connectivity index (χ3n) is 3.59. The Kier molecular flexibility index (Phi) is 7.22. The molecule has 1 atom stereocenters. The standard InChI is InChI=1S/C13H18ClN3O4S.ClH/c1-2-7-16(11-5-6-15-9-11)22(20,21)13-4-3-10(14)8-12(13)17(18)19;/h3-4,8,11,15H,2,5-7,9H2,1H3;1H. The number of benzene rings is 1. The Hall–Kier alpha value is -0.930. The third kappa shape index (κ3) is 4.33. The average Bonchev–Trinajstić information content (AvgIpc) is 2.97. The van der Waals surface area contributed by atoms with Gasteiger partial charge in [-0.1, -0.05) is 18.5 Å². The molecule has 130 valence electrons. The fourth-order valence-electron chi connectivity index (χ4n) is 2.58. The molecule has 1 aliphatic heterocycles. The number of nitrogens with zero attached hydrogens (tertiary/aromatic N) is 2. The molecule has 0 bridgehead atoms. The van der Waals surface area contributed by atoms with Crippen molar-refractivity contribution in [3.05, 3.63) is 33.3 Å². The molecule has 1 unspecified atom stereocenters. The van der Waals surface area contributed by atoms with Gasteiger partial charge in [-0.15, -0.1) is 12.4 Å².